The third-order valence-corrected chi connectivity index (χ3v) is 3.95. The van der Waals surface area contributed by atoms with Gasteiger partial charge in [-0.1, -0.05) is 11.6 Å². The summed E-state index contributed by atoms with van der Waals surface area (Å²) in [6.07, 6.45) is 1.44. The molecular formula is C17H18ClN3O4. The lowest BCUT2D eigenvalue weighted by Gasteiger charge is -2.38. The maximum absolute atomic E-state index is 12.3. The number of nitrogens with zero attached hydrogens (tertiary/aromatic N) is 2. The number of pyridine rings is 1. The molecule has 1 aromatic carbocycles. The van der Waals surface area contributed by atoms with E-state index in [1.54, 1.807) is 49.5 Å². The van der Waals surface area contributed by atoms with Gasteiger partial charge in [-0.3, -0.25) is 0 Å². The van der Waals surface area contributed by atoms with Crippen LogP contribution in [0.5, 0.6) is 17.4 Å². The molecule has 0 saturated carbocycles. The molecule has 1 aromatic heterocycles. The number of nitrogens with one attached hydrogen (secondary N) is 1. The van der Waals surface area contributed by atoms with Crippen LogP contribution in [0, 0.1) is 0 Å². The van der Waals surface area contributed by atoms with Crippen molar-refractivity contribution in [1.82, 2.24) is 9.88 Å². The average Bonchev–Trinajstić information content (AvgIpc) is 2.58. The average molecular weight is 364 g/mol. The Morgan fingerprint density at radius 3 is 2.44 bits per heavy atom. The molecule has 3 rings (SSSR count). The summed E-state index contributed by atoms with van der Waals surface area (Å²) in [6, 6.07) is 8.40. The number of aromatic nitrogens is 1. The maximum Gasteiger partial charge on any atom is 0.322 e. The van der Waals surface area contributed by atoms with Gasteiger partial charge < -0.3 is 24.4 Å². The number of carbonyl (C=O) groups is 1. The zero-order valence-electron chi connectivity index (χ0n) is 13.9. The standard InChI is InChI=1S/C17H18ClN3O4/c1-23-13-5-12(6-14(7-13)24-2)20-17(22)21-9-15(10-21)25-16-4-3-11(18)8-19-16/h3-8,15H,9-10H2,1-2H3,(H,20,22). The Morgan fingerprint density at radius 1 is 1.20 bits per heavy atom. The third kappa shape index (κ3) is 4.24. The summed E-state index contributed by atoms with van der Waals surface area (Å²) in [5, 5.41) is 3.38. The normalized spacial score (nSPS) is 13.8. The first-order valence-electron chi connectivity index (χ1n) is 7.64. The fourth-order valence-corrected chi connectivity index (χ4v) is 2.48. The first-order chi connectivity index (χ1) is 12.1. The Bertz CT molecular complexity index is 726. The van der Waals surface area contributed by atoms with E-state index < -0.39 is 0 Å². The van der Waals surface area contributed by atoms with Crippen LogP contribution in [0.4, 0.5) is 10.5 Å². The lowest BCUT2D eigenvalue weighted by molar-refractivity contribution is 0.0461. The van der Waals surface area contributed by atoms with Gasteiger partial charge in [0.25, 0.3) is 0 Å². The van der Waals surface area contributed by atoms with Crippen LogP contribution >= 0.6 is 11.6 Å². The van der Waals surface area contributed by atoms with Crippen LogP contribution in [0.1, 0.15) is 0 Å². The van der Waals surface area contributed by atoms with Crippen LogP contribution in [-0.4, -0.2) is 49.3 Å². The van der Waals surface area contributed by atoms with Crippen molar-refractivity contribution in [2.24, 2.45) is 0 Å². The molecule has 2 amide bonds. The van der Waals surface area contributed by atoms with Crippen LogP contribution in [0.3, 0.4) is 0 Å². The quantitative estimate of drug-likeness (QED) is 0.883. The molecule has 1 N–H and O–H groups in total. The van der Waals surface area contributed by atoms with E-state index in [4.69, 9.17) is 25.8 Å². The van der Waals surface area contributed by atoms with Crippen molar-refractivity contribution in [2.45, 2.75) is 6.10 Å². The summed E-state index contributed by atoms with van der Waals surface area (Å²) >= 11 is 5.78. The van der Waals surface area contributed by atoms with Crippen molar-refractivity contribution in [3.63, 3.8) is 0 Å². The van der Waals surface area contributed by atoms with E-state index >= 15 is 0 Å². The number of amides is 2. The number of likely N-dealkylation sites (tertiary alicyclic amines) is 1. The second-order valence-corrected chi connectivity index (χ2v) is 5.93. The van der Waals surface area contributed by atoms with Crippen LogP contribution in [0.25, 0.3) is 0 Å². The zero-order valence-corrected chi connectivity index (χ0v) is 14.6. The zero-order chi connectivity index (χ0) is 17.8. The van der Waals surface area contributed by atoms with Crippen molar-refractivity contribution in [1.29, 1.82) is 0 Å². The molecule has 1 fully saturated rings. The van der Waals surface area contributed by atoms with Crippen molar-refractivity contribution < 1.29 is 19.0 Å². The first-order valence-corrected chi connectivity index (χ1v) is 8.02. The molecule has 0 aliphatic carbocycles. The van der Waals surface area contributed by atoms with Crippen LogP contribution in [-0.2, 0) is 0 Å². The highest BCUT2D eigenvalue weighted by molar-refractivity contribution is 6.30. The predicted molar refractivity (Wildman–Crippen MR) is 93.8 cm³/mol. The van der Waals surface area contributed by atoms with Gasteiger partial charge in [-0.25, -0.2) is 9.78 Å². The summed E-state index contributed by atoms with van der Waals surface area (Å²) in [4.78, 5) is 18.0. The van der Waals surface area contributed by atoms with Gasteiger partial charge in [-0.15, -0.1) is 0 Å². The largest absolute Gasteiger partial charge is 0.497 e. The van der Waals surface area contributed by atoms with E-state index in [0.717, 1.165) is 0 Å². The minimum atomic E-state index is -0.209. The Morgan fingerprint density at radius 2 is 1.88 bits per heavy atom. The van der Waals surface area contributed by atoms with E-state index in [0.29, 0.717) is 41.2 Å². The predicted octanol–water partition coefficient (Wildman–Crippen LogP) is 3.05. The molecule has 1 aliphatic heterocycles. The number of benzene rings is 1. The Kier molecular flexibility index (Phi) is 5.14. The maximum atomic E-state index is 12.3. The van der Waals surface area contributed by atoms with E-state index in [-0.39, 0.29) is 12.1 Å². The van der Waals surface area contributed by atoms with Crippen molar-refractivity contribution in [3.8, 4) is 17.4 Å². The summed E-state index contributed by atoms with van der Waals surface area (Å²) in [5.41, 5.74) is 0.602. The lowest BCUT2D eigenvalue weighted by atomic mass is 10.2. The van der Waals surface area contributed by atoms with Crippen LogP contribution < -0.4 is 19.5 Å². The second-order valence-electron chi connectivity index (χ2n) is 5.49. The molecule has 8 heteroatoms. The van der Waals surface area contributed by atoms with Crippen molar-refractivity contribution >= 4 is 23.3 Å². The van der Waals surface area contributed by atoms with Gasteiger partial charge in [-0.2, -0.15) is 0 Å². The Labute approximate surface area is 150 Å². The molecule has 1 aliphatic rings. The molecule has 0 atom stereocenters. The lowest BCUT2D eigenvalue weighted by Crippen LogP contribution is -2.57. The van der Waals surface area contributed by atoms with Gasteiger partial charge in [0.1, 0.15) is 17.6 Å². The highest BCUT2D eigenvalue weighted by Gasteiger charge is 2.32. The molecule has 0 unspecified atom stereocenters. The molecule has 0 bridgehead atoms. The van der Waals surface area contributed by atoms with E-state index in [1.165, 1.54) is 6.20 Å². The molecule has 2 heterocycles. The van der Waals surface area contributed by atoms with Crippen molar-refractivity contribution in [2.75, 3.05) is 32.6 Å². The number of methoxy groups -OCH3 is 2. The molecule has 7 nitrogen and oxygen atoms in total. The molecule has 25 heavy (non-hydrogen) atoms. The van der Waals surface area contributed by atoms with Gasteiger partial charge in [0, 0.05) is 36.1 Å². The number of halogens is 1. The molecule has 2 aromatic rings. The minimum absolute atomic E-state index is 0.0840. The second kappa shape index (κ2) is 7.48. The number of urea groups is 1. The SMILES string of the molecule is COc1cc(NC(=O)N2CC(Oc3ccc(Cl)cn3)C2)cc(OC)c1. The number of anilines is 1. The summed E-state index contributed by atoms with van der Waals surface area (Å²) in [6.45, 7) is 0.967. The Balaban J connectivity index is 1.53. The van der Waals surface area contributed by atoms with E-state index in [1.807, 2.05) is 0 Å². The molecule has 132 valence electrons. The fourth-order valence-electron chi connectivity index (χ4n) is 2.36. The van der Waals surface area contributed by atoms with Gasteiger partial charge in [0.05, 0.1) is 32.3 Å². The number of rotatable bonds is 5. The number of hydrogen-bond donors (Lipinski definition) is 1. The van der Waals surface area contributed by atoms with Gasteiger partial charge in [0.2, 0.25) is 5.88 Å². The topological polar surface area (TPSA) is 72.9 Å². The molecule has 0 spiro atoms. The summed E-state index contributed by atoms with van der Waals surface area (Å²) in [7, 11) is 3.12. The number of carbonyl (C=O) groups excluding carboxylic acids is 1. The van der Waals surface area contributed by atoms with Gasteiger partial charge in [-0.05, 0) is 6.07 Å². The van der Waals surface area contributed by atoms with Crippen LogP contribution in [0.2, 0.25) is 5.02 Å². The highest BCUT2D eigenvalue weighted by atomic mass is 35.5. The number of ether oxygens (including phenoxy) is 3. The smallest absolute Gasteiger partial charge is 0.322 e. The van der Waals surface area contributed by atoms with E-state index in [9.17, 15) is 4.79 Å². The minimum Gasteiger partial charge on any atom is -0.497 e. The van der Waals surface area contributed by atoms with Crippen LogP contribution in [0.15, 0.2) is 36.5 Å². The highest BCUT2D eigenvalue weighted by Crippen LogP contribution is 2.26. The summed E-state index contributed by atoms with van der Waals surface area (Å²) < 4.78 is 16.1. The Hall–Kier alpha value is -2.67. The first kappa shape index (κ1) is 17.2. The molecule has 1 saturated heterocycles. The third-order valence-electron chi connectivity index (χ3n) is 3.73. The van der Waals surface area contributed by atoms with Crippen molar-refractivity contribution in [3.05, 3.63) is 41.6 Å². The molecular weight excluding hydrogens is 346 g/mol. The fraction of sp³-hybridized carbons (Fsp3) is 0.294. The summed E-state index contributed by atoms with van der Waals surface area (Å²) in [5.74, 6) is 1.70. The van der Waals surface area contributed by atoms with Gasteiger partial charge >= 0.3 is 6.03 Å². The number of hydrogen-bond acceptors (Lipinski definition) is 5. The molecule has 0 radical (unpaired) electrons. The van der Waals surface area contributed by atoms with Gasteiger partial charge in [0.15, 0.2) is 0 Å². The monoisotopic (exact) mass is 363 g/mol. The van der Waals surface area contributed by atoms with E-state index in [2.05, 4.69) is 10.3 Å².